The number of rotatable bonds is 5. The highest BCUT2D eigenvalue weighted by Crippen LogP contribution is 2.47. The minimum Gasteiger partial charge on any atom is -0.507 e. The van der Waals surface area contributed by atoms with Crippen LogP contribution in [0, 0.1) is 12.8 Å². The van der Waals surface area contributed by atoms with Gasteiger partial charge in [0.2, 0.25) is 5.91 Å². The number of aromatic hydroxyl groups is 1. The Morgan fingerprint density at radius 1 is 1.03 bits per heavy atom. The molecule has 1 aromatic heterocycles. The van der Waals surface area contributed by atoms with E-state index in [0.717, 1.165) is 41.7 Å². The number of fused-ring (bicyclic) bond motifs is 1. The minimum atomic E-state index is 0.0713. The van der Waals surface area contributed by atoms with E-state index in [2.05, 4.69) is 40.5 Å². The van der Waals surface area contributed by atoms with Gasteiger partial charge < -0.3 is 15.3 Å². The third kappa shape index (κ3) is 4.20. The van der Waals surface area contributed by atoms with Gasteiger partial charge in [0, 0.05) is 30.4 Å². The Bertz CT molecular complexity index is 1400. The van der Waals surface area contributed by atoms with E-state index in [9.17, 15) is 9.90 Å². The fraction of sp³-hybridized carbons (Fsp3) is 0.276. The SMILES string of the molecule is Cc1ccc2c(N3CC[C@@H](NC(=O)C4C[C@@H]4c4ccccc4)C3)nc(-c3ccccc3O)nc2c1. The zero-order valence-electron chi connectivity index (χ0n) is 19.7. The second kappa shape index (κ2) is 8.69. The van der Waals surface area contributed by atoms with E-state index in [4.69, 9.17) is 9.97 Å². The highest BCUT2D eigenvalue weighted by atomic mass is 16.3. The van der Waals surface area contributed by atoms with Crippen LogP contribution >= 0.6 is 0 Å². The number of nitrogens with zero attached hydrogens (tertiary/aromatic N) is 3. The van der Waals surface area contributed by atoms with Crippen molar-refractivity contribution < 1.29 is 9.90 Å². The predicted molar refractivity (Wildman–Crippen MR) is 137 cm³/mol. The van der Waals surface area contributed by atoms with E-state index < -0.39 is 0 Å². The first kappa shape index (κ1) is 21.6. The van der Waals surface area contributed by atoms with Gasteiger partial charge in [0.05, 0.1) is 11.1 Å². The molecule has 6 heteroatoms. The lowest BCUT2D eigenvalue weighted by Gasteiger charge is -2.21. The third-order valence-corrected chi connectivity index (χ3v) is 7.17. The van der Waals surface area contributed by atoms with Crippen LogP contribution < -0.4 is 10.2 Å². The van der Waals surface area contributed by atoms with Crippen LogP contribution in [-0.4, -0.2) is 40.1 Å². The Morgan fingerprint density at radius 2 is 1.83 bits per heavy atom. The number of aryl methyl sites for hydroxylation is 1. The summed E-state index contributed by atoms with van der Waals surface area (Å²) < 4.78 is 0. The number of hydrogen-bond donors (Lipinski definition) is 2. The molecule has 4 aromatic rings. The molecule has 2 aliphatic rings. The lowest BCUT2D eigenvalue weighted by molar-refractivity contribution is -0.123. The summed E-state index contributed by atoms with van der Waals surface area (Å²) in [6.45, 7) is 3.55. The molecule has 176 valence electrons. The normalized spacial score (nSPS) is 21.3. The molecule has 1 aliphatic heterocycles. The molecular formula is C29H28N4O2. The maximum Gasteiger partial charge on any atom is 0.224 e. The maximum absolute atomic E-state index is 12.9. The second-order valence-corrected chi connectivity index (χ2v) is 9.71. The van der Waals surface area contributed by atoms with E-state index in [1.54, 1.807) is 12.1 Å². The predicted octanol–water partition coefficient (Wildman–Crippen LogP) is 4.81. The molecule has 6 rings (SSSR count). The number of amides is 1. The topological polar surface area (TPSA) is 78.4 Å². The summed E-state index contributed by atoms with van der Waals surface area (Å²) in [4.78, 5) is 24.8. The van der Waals surface area contributed by atoms with E-state index in [1.165, 1.54) is 5.56 Å². The second-order valence-electron chi connectivity index (χ2n) is 9.71. The fourth-order valence-corrected chi connectivity index (χ4v) is 5.18. The number of para-hydroxylation sites is 1. The van der Waals surface area contributed by atoms with Crippen molar-refractivity contribution in [3.05, 3.63) is 83.9 Å². The molecule has 35 heavy (non-hydrogen) atoms. The number of anilines is 1. The van der Waals surface area contributed by atoms with Crippen LogP contribution in [0.5, 0.6) is 5.75 Å². The van der Waals surface area contributed by atoms with Gasteiger partial charge in [-0.15, -0.1) is 0 Å². The molecule has 1 unspecified atom stereocenters. The molecule has 0 bridgehead atoms. The van der Waals surface area contributed by atoms with Gasteiger partial charge in [-0.2, -0.15) is 0 Å². The first-order valence-corrected chi connectivity index (χ1v) is 12.2. The van der Waals surface area contributed by atoms with Crippen molar-refractivity contribution in [3.8, 4) is 17.1 Å². The summed E-state index contributed by atoms with van der Waals surface area (Å²) in [5.41, 5.74) is 3.83. The smallest absolute Gasteiger partial charge is 0.224 e. The monoisotopic (exact) mass is 464 g/mol. The van der Waals surface area contributed by atoms with Crippen LogP contribution in [0.4, 0.5) is 5.82 Å². The van der Waals surface area contributed by atoms with E-state index in [-0.39, 0.29) is 23.6 Å². The molecular weight excluding hydrogens is 436 g/mol. The number of phenolic OH excluding ortho intramolecular Hbond substituents is 1. The quantitative estimate of drug-likeness (QED) is 0.443. The summed E-state index contributed by atoms with van der Waals surface area (Å²) in [7, 11) is 0. The fourth-order valence-electron chi connectivity index (χ4n) is 5.18. The van der Waals surface area contributed by atoms with Gasteiger partial charge in [-0.1, -0.05) is 48.5 Å². The Kier molecular flexibility index (Phi) is 5.36. The minimum absolute atomic E-state index is 0.0713. The molecule has 1 saturated carbocycles. The van der Waals surface area contributed by atoms with Crippen molar-refractivity contribution in [1.29, 1.82) is 0 Å². The van der Waals surface area contributed by atoms with Crippen LogP contribution in [-0.2, 0) is 4.79 Å². The molecule has 6 nitrogen and oxygen atoms in total. The third-order valence-electron chi connectivity index (χ3n) is 7.17. The number of aromatic nitrogens is 2. The number of nitrogens with one attached hydrogen (secondary N) is 1. The standard InChI is InChI=1S/C29H28N4O2/c1-18-11-12-21-25(15-18)31-27(22-9-5-6-10-26(22)34)32-28(21)33-14-13-20(17-33)30-29(35)24-16-23(24)19-7-3-2-4-8-19/h2-12,15,20,23-24,34H,13-14,16-17H2,1H3,(H,30,35)/t20-,23-,24?/m1/s1. The summed E-state index contributed by atoms with van der Waals surface area (Å²) in [5.74, 6) is 2.08. The van der Waals surface area contributed by atoms with Crippen LogP contribution in [0.1, 0.15) is 29.9 Å². The average Bonchev–Trinajstić information content (AvgIpc) is 3.55. The molecule has 1 aliphatic carbocycles. The molecule has 1 saturated heterocycles. The van der Waals surface area contributed by atoms with E-state index in [0.29, 0.717) is 23.9 Å². The first-order chi connectivity index (χ1) is 17.1. The molecule has 2 fully saturated rings. The molecule has 1 amide bonds. The molecule has 0 radical (unpaired) electrons. The number of carbonyl (C=O) groups is 1. The Morgan fingerprint density at radius 3 is 2.66 bits per heavy atom. The number of hydrogen-bond acceptors (Lipinski definition) is 5. The molecule has 3 atom stereocenters. The van der Waals surface area contributed by atoms with Crippen LogP contribution in [0.25, 0.3) is 22.3 Å². The zero-order valence-corrected chi connectivity index (χ0v) is 19.7. The van der Waals surface area contributed by atoms with Crippen molar-refractivity contribution in [2.24, 2.45) is 5.92 Å². The Labute approximate surface area is 204 Å². The number of phenols is 1. The van der Waals surface area contributed by atoms with Crippen molar-refractivity contribution in [2.45, 2.75) is 31.7 Å². The Balaban J connectivity index is 1.23. The average molecular weight is 465 g/mol. The number of carbonyl (C=O) groups excluding carboxylic acids is 1. The highest BCUT2D eigenvalue weighted by Gasteiger charge is 2.44. The summed E-state index contributed by atoms with van der Waals surface area (Å²) >= 11 is 0. The Hall–Kier alpha value is -3.93. The largest absolute Gasteiger partial charge is 0.507 e. The van der Waals surface area contributed by atoms with Gasteiger partial charge in [-0.25, -0.2) is 9.97 Å². The van der Waals surface area contributed by atoms with Crippen molar-refractivity contribution in [1.82, 2.24) is 15.3 Å². The van der Waals surface area contributed by atoms with Crippen molar-refractivity contribution in [2.75, 3.05) is 18.0 Å². The van der Waals surface area contributed by atoms with Gasteiger partial charge in [0.25, 0.3) is 0 Å². The molecule has 3 aromatic carbocycles. The maximum atomic E-state index is 12.9. The molecule has 2 heterocycles. The van der Waals surface area contributed by atoms with Crippen molar-refractivity contribution in [3.63, 3.8) is 0 Å². The molecule has 2 N–H and O–H groups in total. The van der Waals surface area contributed by atoms with Gasteiger partial charge >= 0.3 is 0 Å². The number of benzene rings is 3. The van der Waals surface area contributed by atoms with E-state index in [1.807, 2.05) is 37.3 Å². The molecule has 0 spiro atoms. The van der Waals surface area contributed by atoms with Gasteiger partial charge in [0.15, 0.2) is 5.82 Å². The lowest BCUT2D eigenvalue weighted by atomic mass is 10.1. The van der Waals surface area contributed by atoms with Crippen LogP contribution in [0.15, 0.2) is 72.8 Å². The van der Waals surface area contributed by atoms with E-state index >= 15 is 0 Å². The summed E-state index contributed by atoms with van der Waals surface area (Å²) in [6.07, 6.45) is 1.80. The van der Waals surface area contributed by atoms with Gasteiger partial charge in [0.1, 0.15) is 11.6 Å². The first-order valence-electron chi connectivity index (χ1n) is 12.2. The highest BCUT2D eigenvalue weighted by molar-refractivity contribution is 5.92. The lowest BCUT2D eigenvalue weighted by Crippen LogP contribution is -2.38. The van der Waals surface area contributed by atoms with Crippen LogP contribution in [0.2, 0.25) is 0 Å². The summed E-state index contributed by atoms with van der Waals surface area (Å²) in [6, 6.07) is 23.7. The zero-order chi connectivity index (χ0) is 23.9. The van der Waals surface area contributed by atoms with Crippen molar-refractivity contribution >= 4 is 22.6 Å². The summed E-state index contributed by atoms with van der Waals surface area (Å²) in [5, 5.41) is 14.7. The van der Waals surface area contributed by atoms with Crippen LogP contribution in [0.3, 0.4) is 0 Å². The van der Waals surface area contributed by atoms with Gasteiger partial charge in [-0.3, -0.25) is 4.79 Å². The van der Waals surface area contributed by atoms with Gasteiger partial charge in [-0.05, 0) is 61.1 Å².